The van der Waals surface area contributed by atoms with Crippen LogP contribution in [0.5, 0.6) is 0 Å². The Morgan fingerprint density at radius 1 is 1.15 bits per heavy atom. The zero-order chi connectivity index (χ0) is 17.6. The van der Waals surface area contributed by atoms with E-state index in [9.17, 15) is 4.79 Å². The topological polar surface area (TPSA) is 42.4 Å². The SMILES string of the molecule is O=C(c1cccc2cccnc12)N1CCC2(CC1)OCCc1ccsc12. The van der Waals surface area contributed by atoms with Crippen LogP contribution in [-0.2, 0) is 16.8 Å². The number of thiophene rings is 1. The molecule has 1 amide bonds. The molecule has 2 aliphatic heterocycles. The van der Waals surface area contributed by atoms with Gasteiger partial charge < -0.3 is 9.64 Å². The third-order valence-corrected chi connectivity index (χ3v) is 6.77. The molecule has 0 unspecified atom stereocenters. The first kappa shape index (κ1) is 16.0. The molecule has 2 aliphatic rings. The molecule has 5 heteroatoms. The van der Waals surface area contributed by atoms with Crippen LogP contribution in [-0.4, -0.2) is 35.5 Å². The lowest BCUT2D eigenvalue weighted by Crippen LogP contribution is -2.47. The number of ether oxygens (including phenoxy) is 1. The summed E-state index contributed by atoms with van der Waals surface area (Å²) in [4.78, 5) is 20.9. The minimum atomic E-state index is -0.185. The Kier molecular flexibility index (Phi) is 3.80. The van der Waals surface area contributed by atoms with Gasteiger partial charge in [0.1, 0.15) is 5.60 Å². The minimum Gasteiger partial charge on any atom is -0.369 e. The van der Waals surface area contributed by atoms with Crippen molar-refractivity contribution in [3.63, 3.8) is 0 Å². The molecular weight excluding hydrogens is 344 g/mol. The molecule has 2 aromatic heterocycles. The van der Waals surface area contributed by atoms with Gasteiger partial charge in [0.05, 0.1) is 17.7 Å². The van der Waals surface area contributed by atoms with Crippen LogP contribution in [0.1, 0.15) is 33.6 Å². The van der Waals surface area contributed by atoms with Crippen LogP contribution in [0.3, 0.4) is 0 Å². The quantitative estimate of drug-likeness (QED) is 0.655. The minimum absolute atomic E-state index is 0.0753. The molecule has 3 aromatic rings. The average molecular weight is 364 g/mol. The Morgan fingerprint density at radius 3 is 2.88 bits per heavy atom. The largest absolute Gasteiger partial charge is 0.369 e. The van der Waals surface area contributed by atoms with Crippen molar-refractivity contribution in [1.29, 1.82) is 0 Å². The number of para-hydroxylation sites is 1. The van der Waals surface area contributed by atoms with E-state index in [1.54, 1.807) is 17.5 Å². The first-order valence-corrected chi connectivity index (χ1v) is 9.99. The van der Waals surface area contributed by atoms with E-state index in [0.29, 0.717) is 5.56 Å². The van der Waals surface area contributed by atoms with Crippen LogP contribution in [0.15, 0.2) is 48.0 Å². The van der Waals surface area contributed by atoms with Gasteiger partial charge in [-0.1, -0.05) is 18.2 Å². The zero-order valence-electron chi connectivity index (χ0n) is 14.5. The standard InChI is InChI=1S/C21H20N2O2S/c24-20(17-5-1-3-15-4-2-10-22-18(15)17)23-11-8-21(9-12-23)19-16(6-13-25-21)7-14-26-19/h1-5,7,10,14H,6,8-9,11-13H2. The monoisotopic (exact) mass is 364 g/mol. The molecule has 4 heterocycles. The lowest BCUT2D eigenvalue weighted by atomic mass is 9.85. The van der Waals surface area contributed by atoms with Crippen LogP contribution in [0.2, 0.25) is 0 Å². The summed E-state index contributed by atoms with van der Waals surface area (Å²) in [7, 11) is 0. The molecule has 1 saturated heterocycles. The number of carbonyl (C=O) groups excluding carboxylic acids is 1. The Hall–Kier alpha value is -2.24. The second-order valence-electron chi connectivity index (χ2n) is 7.04. The average Bonchev–Trinajstić information content (AvgIpc) is 3.18. The van der Waals surface area contributed by atoms with Gasteiger partial charge in [0.2, 0.25) is 0 Å². The number of pyridine rings is 1. The Balaban J connectivity index is 1.40. The van der Waals surface area contributed by atoms with E-state index in [2.05, 4.69) is 16.4 Å². The Morgan fingerprint density at radius 2 is 2.00 bits per heavy atom. The zero-order valence-corrected chi connectivity index (χ0v) is 15.3. The second kappa shape index (κ2) is 6.18. The Bertz CT molecular complexity index is 968. The fourth-order valence-electron chi connectivity index (χ4n) is 4.24. The van der Waals surface area contributed by atoms with Gasteiger partial charge in [-0.25, -0.2) is 0 Å². The normalized spacial score (nSPS) is 18.8. The van der Waals surface area contributed by atoms with Gasteiger partial charge >= 0.3 is 0 Å². The predicted molar refractivity (Wildman–Crippen MR) is 103 cm³/mol. The molecule has 1 aromatic carbocycles. The number of amides is 1. The highest BCUT2D eigenvalue weighted by molar-refractivity contribution is 7.10. The number of rotatable bonds is 1. The first-order chi connectivity index (χ1) is 12.8. The fraction of sp³-hybridized carbons (Fsp3) is 0.333. The van der Waals surface area contributed by atoms with Gasteiger partial charge in [-0.3, -0.25) is 9.78 Å². The van der Waals surface area contributed by atoms with E-state index in [-0.39, 0.29) is 11.5 Å². The van der Waals surface area contributed by atoms with Crippen molar-refractivity contribution in [2.45, 2.75) is 24.9 Å². The molecule has 0 bridgehead atoms. The number of piperidine rings is 1. The summed E-state index contributed by atoms with van der Waals surface area (Å²) in [6, 6.07) is 11.9. The number of carbonyl (C=O) groups is 1. The molecule has 0 atom stereocenters. The summed E-state index contributed by atoms with van der Waals surface area (Å²) in [6.45, 7) is 2.23. The molecule has 5 rings (SSSR count). The summed E-state index contributed by atoms with van der Waals surface area (Å²) in [5.74, 6) is 0.0753. The van der Waals surface area contributed by atoms with Crippen molar-refractivity contribution >= 4 is 28.1 Å². The van der Waals surface area contributed by atoms with Crippen molar-refractivity contribution in [1.82, 2.24) is 9.88 Å². The number of nitrogens with zero attached hydrogens (tertiary/aromatic N) is 2. The van der Waals surface area contributed by atoms with Gasteiger partial charge in [-0.05, 0) is 48.4 Å². The highest BCUT2D eigenvalue weighted by atomic mass is 32.1. The Labute approximate surface area is 156 Å². The van der Waals surface area contributed by atoms with Crippen LogP contribution in [0, 0.1) is 0 Å². The molecule has 0 aliphatic carbocycles. The van der Waals surface area contributed by atoms with Crippen LogP contribution in [0.25, 0.3) is 10.9 Å². The van der Waals surface area contributed by atoms with Crippen LogP contribution < -0.4 is 0 Å². The smallest absolute Gasteiger partial charge is 0.256 e. The van der Waals surface area contributed by atoms with E-state index in [1.807, 2.05) is 35.2 Å². The van der Waals surface area contributed by atoms with Gasteiger partial charge in [-0.2, -0.15) is 0 Å². The van der Waals surface area contributed by atoms with E-state index in [0.717, 1.165) is 49.9 Å². The van der Waals surface area contributed by atoms with E-state index in [4.69, 9.17) is 4.74 Å². The third-order valence-electron chi connectivity index (χ3n) is 5.63. The van der Waals surface area contributed by atoms with Crippen molar-refractivity contribution < 1.29 is 9.53 Å². The molecule has 1 spiro atoms. The van der Waals surface area contributed by atoms with Gasteiger partial charge in [-0.15, -0.1) is 11.3 Å². The predicted octanol–water partition coefficient (Wildman–Crippen LogP) is 4.00. The second-order valence-corrected chi connectivity index (χ2v) is 7.96. The molecule has 0 radical (unpaired) electrons. The van der Waals surface area contributed by atoms with Gasteiger partial charge in [0, 0.05) is 29.5 Å². The first-order valence-electron chi connectivity index (χ1n) is 9.11. The van der Waals surface area contributed by atoms with Gasteiger partial charge in [0.25, 0.3) is 5.91 Å². The fourth-order valence-corrected chi connectivity index (χ4v) is 5.41. The van der Waals surface area contributed by atoms with Crippen LogP contribution in [0.4, 0.5) is 0 Å². The lowest BCUT2D eigenvalue weighted by molar-refractivity contribution is -0.0906. The number of fused-ring (bicyclic) bond motifs is 3. The molecule has 26 heavy (non-hydrogen) atoms. The lowest BCUT2D eigenvalue weighted by Gasteiger charge is -2.43. The summed E-state index contributed by atoms with van der Waals surface area (Å²) < 4.78 is 6.26. The number of benzene rings is 1. The summed E-state index contributed by atoms with van der Waals surface area (Å²) in [5, 5.41) is 3.17. The molecule has 132 valence electrons. The molecule has 1 fully saturated rings. The number of hydrogen-bond acceptors (Lipinski definition) is 4. The number of aromatic nitrogens is 1. The van der Waals surface area contributed by atoms with E-state index >= 15 is 0 Å². The molecule has 4 nitrogen and oxygen atoms in total. The number of likely N-dealkylation sites (tertiary alicyclic amines) is 1. The van der Waals surface area contributed by atoms with E-state index < -0.39 is 0 Å². The summed E-state index contributed by atoms with van der Waals surface area (Å²) in [6.07, 6.45) is 4.48. The third kappa shape index (κ3) is 2.46. The van der Waals surface area contributed by atoms with Crippen molar-refractivity contribution in [3.05, 3.63) is 64.0 Å². The summed E-state index contributed by atoms with van der Waals surface area (Å²) >= 11 is 1.80. The maximum Gasteiger partial charge on any atom is 0.256 e. The highest BCUT2D eigenvalue weighted by Gasteiger charge is 2.42. The maximum absolute atomic E-state index is 13.1. The molecule has 0 saturated carbocycles. The van der Waals surface area contributed by atoms with Crippen molar-refractivity contribution in [3.8, 4) is 0 Å². The van der Waals surface area contributed by atoms with Gasteiger partial charge in [0.15, 0.2) is 0 Å². The van der Waals surface area contributed by atoms with E-state index in [1.165, 1.54) is 10.4 Å². The summed E-state index contributed by atoms with van der Waals surface area (Å²) in [5.41, 5.74) is 2.73. The maximum atomic E-state index is 13.1. The highest BCUT2D eigenvalue weighted by Crippen LogP contribution is 2.44. The van der Waals surface area contributed by atoms with Crippen molar-refractivity contribution in [2.24, 2.45) is 0 Å². The van der Waals surface area contributed by atoms with Crippen molar-refractivity contribution in [2.75, 3.05) is 19.7 Å². The van der Waals surface area contributed by atoms with Crippen LogP contribution >= 0.6 is 11.3 Å². The molecular formula is C21H20N2O2S. The number of hydrogen-bond donors (Lipinski definition) is 0. The molecule has 0 N–H and O–H groups in total.